The molecule has 0 aromatic heterocycles. The van der Waals surface area contributed by atoms with Crippen molar-refractivity contribution in [2.45, 2.75) is 43.9 Å². The number of para-hydroxylation sites is 1. The number of carbonyl (C=O) groups is 1. The van der Waals surface area contributed by atoms with Crippen molar-refractivity contribution in [1.29, 1.82) is 5.26 Å². The number of methoxy groups -OCH3 is 2. The zero-order valence-electron chi connectivity index (χ0n) is 16.6. The van der Waals surface area contributed by atoms with Gasteiger partial charge in [0.15, 0.2) is 11.5 Å². The van der Waals surface area contributed by atoms with Gasteiger partial charge in [-0.3, -0.25) is 0 Å². The van der Waals surface area contributed by atoms with E-state index in [2.05, 4.69) is 11.0 Å². The largest absolute Gasteiger partial charge is 0.493 e. The molecular formula is C23H24N2O4. The zero-order chi connectivity index (χ0) is 20.4. The van der Waals surface area contributed by atoms with E-state index in [1.165, 1.54) is 0 Å². The van der Waals surface area contributed by atoms with Crippen LogP contribution in [0.5, 0.6) is 11.5 Å². The van der Waals surface area contributed by atoms with E-state index in [9.17, 15) is 10.1 Å². The summed E-state index contributed by atoms with van der Waals surface area (Å²) in [6.45, 7) is 0. The first-order valence-corrected chi connectivity index (χ1v) is 9.85. The van der Waals surface area contributed by atoms with Crippen LogP contribution in [0.15, 0.2) is 42.5 Å². The van der Waals surface area contributed by atoms with E-state index < -0.39 is 0 Å². The number of carbonyl (C=O) groups excluding carboxylic acids is 1. The topological polar surface area (TPSA) is 71.8 Å². The average molecular weight is 392 g/mol. The van der Waals surface area contributed by atoms with Crippen LogP contribution in [0.2, 0.25) is 0 Å². The van der Waals surface area contributed by atoms with E-state index in [0.717, 1.165) is 31.4 Å². The number of nitriles is 1. The van der Waals surface area contributed by atoms with Gasteiger partial charge < -0.3 is 19.1 Å². The number of anilines is 1. The molecule has 3 atom stereocenters. The van der Waals surface area contributed by atoms with Crippen molar-refractivity contribution in [1.82, 2.24) is 0 Å². The molecule has 2 aliphatic heterocycles. The van der Waals surface area contributed by atoms with Gasteiger partial charge in [-0.25, -0.2) is 4.79 Å². The van der Waals surface area contributed by atoms with Crippen LogP contribution in [0, 0.1) is 11.3 Å². The van der Waals surface area contributed by atoms with Crippen molar-refractivity contribution in [2.75, 3.05) is 19.1 Å². The molecule has 2 heterocycles. The molecule has 0 saturated carbocycles. The van der Waals surface area contributed by atoms with Gasteiger partial charge >= 0.3 is 5.97 Å². The lowest BCUT2D eigenvalue weighted by molar-refractivity contribution is 0.0203. The number of hydrogen-bond acceptors (Lipinski definition) is 6. The maximum atomic E-state index is 12.7. The SMILES string of the molecule is COc1ccc(C(=O)OC2CC3CC[C@H](C2)N3c2ccccc2C#N)cc1OC. The lowest BCUT2D eigenvalue weighted by Crippen LogP contribution is -2.46. The molecule has 4 rings (SSSR count). The minimum atomic E-state index is -0.346. The summed E-state index contributed by atoms with van der Waals surface area (Å²) < 4.78 is 16.3. The highest BCUT2D eigenvalue weighted by atomic mass is 16.5. The van der Waals surface area contributed by atoms with Gasteiger partial charge in [-0.15, -0.1) is 0 Å². The number of rotatable bonds is 5. The van der Waals surface area contributed by atoms with Crippen molar-refractivity contribution in [3.8, 4) is 17.6 Å². The molecule has 2 aromatic carbocycles. The van der Waals surface area contributed by atoms with Crippen LogP contribution in [0.1, 0.15) is 41.6 Å². The fraction of sp³-hybridized carbons (Fsp3) is 0.391. The highest BCUT2D eigenvalue weighted by Crippen LogP contribution is 2.41. The van der Waals surface area contributed by atoms with Crippen LogP contribution in [-0.4, -0.2) is 38.4 Å². The molecule has 150 valence electrons. The first-order valence-electron chi connectivity index (χ1n) is 9.85. The Morgan fingerprint density at radius 2 is 1.72 bits per heavy atom. The van der Waals surface area contributed by atoms with Gasteiger partial charge in [0.05, 0.1) is 31.0 Å². The Hall–Kier alpha value is -3.20. The molecule has 2 unspecified atom stereocenters. The number of benzene rings is 2. The van der Waals surface area contributed by atoms with E-state index in [0.29, 0.717) is 22.6 Å². The molecule has 0 spiro atoms. The van der Waals surface area contributed by atoms with Gasteiger partial charge in [-0.2, -0.15) is 5.26 Å². The monoisotopic (exact) mass is 392 g/mol. The standard InChI is InChI=1S/C23H24N2O4/c1-27-21-10-7-15(11-22(21)28-2)23(26)29-19-12-17-8-9-18(13-19)25(17)20-6-4-3-5-16(20)14-24/h3-7,10-11,17-19H,8-9,12-13H2,1-2H3/t17-,18?,19?/m1/s1. The fourth-order valence-corrected chi connectivity index (χ4v) is 4.59. The van der Waals surface area contributed by atoms with E-state index in [-0.39, 0.29) is 24.2 Å². The van der Waals surface area contributed by atoms with Crippen LogP contribution in [0.25, 0.3) is 0 Å². The average Bonchev–Trinajstić information content (AvgIpc) is 3.02. The molecule has 6 heteroatoms. The van der Waals surface area contributed by atoms with Crippen molar-refractivity contribution in [3.63, 3.8) is 0 Å². The predicted octanol–water partition coefficient (Wildman–Crippen LogP) is 3.93. The summed E-state index contributed by atoms with van der Waals surface area (Å²) >= 11 is 0. The Kier molecular flexibility index (Phi) is 5.30. The van der Waals surface area contributed by atoms with Gasteiger partial charge in [0.2, 0.25) is 0 Å². The van der Waals surface area contributed by atoms with Crippen molar-refractivity contribution >= 4 is 11.7 Å². The Morgan fingerprint density at radius 1 is 1.03 bits per heavy atom. The maximum Gasteiger partial charge on any atom is 0.338 e. The predicted molar refractivity (Wildman–Crippen MR) is 108 cm³/mol. The molecule has 0 N–H and O–H groups in total. The summed E-state index contributed by atoms with van der Waals surface area (Å²) in [5, 5.41) is 9.45. The Balaban J connectivity index is 1.47. The van der Waals surface area contributed by atoms with Crippen LogP contribution in [0.3, 0.4) is 0 Å². The lowest BCUT2D eigenvalue weighted by Gasteiger charge is -2.40. The summed E-state index contributed by atoms with van der Waals surface area (Å²) in [6, 6.07) is 15.6. The molecule has 2 saturated heterocycles. The van der Waals surface area contributed by atoms with Gasteiger partial charge in [-0.05, 0) is 43.2 Å². The van der Waals surface area contributed by atoms with Crippen LogP contribution < -0.4 is 14.4 Å². The minimum Gasteiger partial charge on any atom is -0.493 e. The number of hydrogen-bond donors (Lipinski definition) is 0. The van der Waals surface area contributed by atoms with Crippen LogP contribution in [0.4, 0.5) is 5.69 Å². The third-order valence-electron chi connectivity index (χ3n) is 5.89. The van der Waals surface area contributed by atoms with E-state index in [4.69, 9.17) is 14.2 Å². The quantitative estimate of drug-likeness (QED) is 0.718. The normalized spacial score (nSPS) is 22.7. The first kappa shape index (κ1) is 19.1. The highest BCUT2D eigenvalue weighted by Gasteiger charge is 2.42. The molecule has 0 radical (unpaired) electrons. The highest BCUT2D eigenvalue weighted by molar-refractivity contribution is 5.90. The summed E-state index contributed by atoms with van der Waals surface area (Å²) in [5.41, 5.74) is 2.14. The number of fused-ring (bicyclic) bond motifs is 2. The molecule has 2 bridgehead atoms. The molecule has 29 heavy (non-hydrogen) atoms. The summed E-state index contributed by atoms with van der Waals surface area (Å²) in [7, 11) is 3.10. The second kappa shape index (κ2) is 8.04. The summed E-state index contributed by atoms with van der Waals surface area (Å²) in [4.78, 5) is 15.1. The van der Waals surface area contributed by atoms with Crippen molar-refractivity contribution in [2.24, 2.45) is 0 Å². The van der Waals surface area contributed by atoms with Crippen LogP contribution >= 0.6 is 0 Å². The van der Waals surface area contributed by atoms with Gasteiger partial charge in [-0.1, -0.05) is 12.1 Å². The van der Waals surface area contributed by atoms with Crippen LogP contribution in [-0.2, 0) is 4.74 Å². The van der Waals surface area contributed by atoms with Gasteiger partial charge in [0, 0.05) is 24.9 Å². The summed E-state index contributed by atoms with van der Waals surface area (Å²) in [5.74, 6) is 0.734. The van der Waals surface area contributed by atoms with Gasteiger partial charge in [0.1, 0.15) is 12.2 Å². The van der Waals surface area contributed by atoms with Gasteiger partial charge in [0.25, 0.3) is 0 Å². The lowest BCUT2D eigenvalue weighted by atomic mass is 9.97. The third kappa shape index (κ3) is 3.61. The van der Waals surface area contributed by atoms with Crippen molar-refractivity contribution < 1.29 is 19.0 Å². The Morgan fingerprint density at radius 3 is 2.38 bits per heavy atom. The molecule has 6 nitrogen and oxygen atoms in total. The molecule has 0 aliphatic carbocycles. The first-order chi connectivity index (χ1) is 14.1. The third-order valence-corrected chi connectivity index (χ3v) is 5.89. The minimum absolute atomic E-state index is 0.126. The molecular weight excluding hydrogens is 368 g/mol. The fourth-order valence-electron chi connectivity index (χ4n) is 4.59. The zero-order valence-corrected chi connectivity index (χ0v) is 16.6. The Bertz CT molecular complexity index is 938. The van der Waals surface area contributed by atoms with E-state index in [1.807, 2.05) is 24.3 Å². The van der Waals surface area contributed by atoms with E-state index >= 15 is 0 Å². The number of piperidine rings is 1. The second-order valence-corrected chi connectivity index (χ2v) is 7.49. The van der Waals surface area contributed by atoms with Crippen molar-refractivity contribution in [3.05, 3.63) is 53.6 Å². The maximum absolute atomic E-state index is 12.7. The molecule has 2 aromatic rings. The van der Waals surface area contributed by atoms with E-state index in [1.54, 1.807) is 32.4 Å². The molecule has 2 aliphatic rings. The Labute approximate surface area is 170 Å². The second-order valence-electron chi connectivity index (χ2n) is 7.49. The molecule has 2 fully saturated rings. The molecule has 0 amide bonds. The smallest absolute Gasteiger partial charge is 0.338 e. The number of esters is 1. The number of nitrogens with zero attached hydrogens (tertiary/aromatic N) is 2. The summed E-state index contributed by atoms with van der Waals surface area (Å²) in [6.07, 6.45) is 3.52. The number of ether oxygens (including phenoxy) is 3.